The molecule has 5 nitrogen and oxygen atoms in total. The van der Waals surface area contributed by atoms with Crippen molar-refractivity contribution < 1.29 is 8.42 Å². The van der Waals surface area contributed by atoms with Gasteiger partial charge in [0, 0.05) is 12.7 Å². The Morgan fingerprint density at radius 2 is 2.39 bits per heavy atom. The van der Waals surface area contributed by atoms with E-state index < -0.39 is 9.84 Å². The standard InChI is InChI=1S/C12H21N3O2S/c1-2-15-8-10(7-14-15)5-12(6-13)11-3-4-18(16,17)9-11/h7-8,11-12H,2-6,9,13H2,1H3. The van der Waals surface area contributed by atoms with Gasteiger partial charge in [0.05, 0.1) is 17.7 Å². The van der Waals surface area contributed by atoms with Gasteiger partial charge in [-0.15, -0.1) is 0 Å². The molecule has 18 heavy (non-hydrogen) atoms. The molecule has 0 amide bonds. The summed E-state index contributed by atoms with van der Waals surface area (Å²) in [6.07, 6.45) is 5.46. The molecule has 1 aromatic heterocycles. The molecule has 0 aliphatic carbocycles. The summed E-state index contributed by atoms with van der Waals surface area (Å²) in [7, 11) is -2.82. The van der Waals surface area contributed by atoms with Crippen LogP contribution in [0.2, 0.25) is 0 Å². The minimum Gasteiger partial charge on any atom is -0.330 e. The molecule has 1 aliphatic heterocycles. The van der Waals surface area contributed by atoms with E-state index in [1.165, 1.54) is 0 Å². The number of sulfone groups is 1. The highest BCUT2D eigenvalue weighted by molar-refractivity contribution is 7.91. The Bertz CT molecular complexity index is 495. The molecule has 2 unspecified atom stereocenters. The Morgan fingerprint density at radius 1 is 1.61 bits per heavy atom. The van der Waals surface area contributed by atoms with Crippen LogP contribution in [-0.4, -0.2) is 36.2 Å². The largest absolute Gasteiger partial charge is 0.330 e. The zero-order valence-corrected chi connectivity index (χ0v) is 11.6. The maximum absolute atomic E-state index is 11.5. The summed E-state index contributed by atoms with van der Waals surface area (Å²) in [6, 6.07) is 0. The summed E-state index contributed by atoms with van der Waals surface area (Å²) >= 11 is 0. The van der Waals surface area contributed by atoms with Gasteiger partial charge in [-0.05, 0) is 43.7 Å². The summed E-state index contributed by atoms with van der Waals surface area (Å²) < 4.78 is 24.9. The van der Waals surface area contributed by atoms with E-state index in [1.807, 2.05) is 24.0 Å². The summed E-state index contributed by atoms with van der Waals surface area (Å²) in [4.78, 5) is 0. The van der Waals surface area contributed by atoms with Crippen molar-refractivity contribution in [2.75, 3.05) is 18.1 Å². The van der Waals surface area contributed by atoms with Gasteiger partial charge in [0.15, 0.2) is 9.84 Å². The van der Waals surface area contributed by atoms with Crippen LogP contribution in [0.25, 0.3) is 0 Å². The van der Waals surface area contributed by atoms with E-state index in [4.69, 9.17) is 5.73 Å². The van der Waals surface area contributed by atoms with Crippen LogP contribution in [0.5, 0.6) is 0 Å². The van der Waals surface area contributed by atoms with Crippen molar-refractivity contribution in [3.63, 3.8) is 0 Å². The molecule has 2 rings (SSSR count). The van der Waals surface area contributed by atoms with Gasteiger partial charge in [0.25, 0.3) is 0 Å². The van der Waals surface area contributed by atoms with Crippen LogP contribution >= 0.6 is 0 Å². The minimum atomic E-state index is -2.82. The molecule has 0 spiro atoms. The molecule has 2 atom stereocenters. The quantitative estimate of drug-likeness (QED) is 0.843. The Kier molecular flexibility index (Phi) is 4.07. The lowest BCUT2D eigenvalue weighted by Crippen LogP contribution is -2.26. The zero-order valence-electron chi connectivity index (χ0n) is 10.7. The van der Waals surface area contributed by atoms with Crippen LogP contribution in [0.1, 0.15) is 18.9 Å². The molecule has 0 radical (unpaired) electrons. The van der Waals surface area contributed by atoms with E-state index >= 15 is 0 Å². The molecular weight excluding hydrogens is 250 g/mol. The highest BCUT2D eigenvalue weighted by Crippen LogP contribution is 2.27. The third-order valence-corrected chi connectivity index (χ3v) is 5.54. The molecule has 1 saturated heterocycles. The summed E-state index contributed by atoms with van der Waals surface area (Å²) in [5.41, 5.74) is 6.96. The second-order valence-electron chi connectivity index (χ2n) is 5.07. The first-order chi connectivity index (χ1) is 8.54. The molecule has 1 aromatic rings. The van der Waals surface area contributed by atoms with E-state index in [0.717, 1.165) is 24.9 Å². The van der Waals surface area contributed by atoms with Crippen molar-refractivity contribution in [3.8, 4) is 0 Å². The second kappa shape index (κ2) is 5.40. The summed E-state index contributed by atoms with van der Waals surface area (Å²) in [6.45, 7) is 3.43. The van der Waals surface area contributed by atoms with Crippen LogP contribution in [0.4, 0.5) is 0 Å². The number of hydrogen-bond acceptors (Lipinski definition) is 4. The fourth-order valence-corrected chi connectivity index (χ4v) is 4.55. The summed E-state index contributed by atoms with van der Waals surface area (Å²) in [5.74, 6) is 1.08. The summed E-state index contributed by atoms with van der Waals surface area (Å²) in [5, 5.41) is 4.23. The van der Waals surface area contributed by atoms with Crippen LogP contribution in [0, 0.1) is 11.8 Å². The number of nitrogens with zero attached hydrogens (tertiary/aromatic N) is 2. The normalized spacial score (nSPS) is 24.2. The first-order valence-electron chi connectivity index (χ1n) is 6.46. The van der Waals surface area contributed by atoms with E-state index in [-0.39, 0.29) is 11.8 Å². The van der Waals surface area contributed by atoms with Gasteiger partial charge in [-0.3, -0.25) is 4.68 Å². The average Bonchev–Trinajstić information content (AvgIpc) is 2.92. The molecule has 2 N–H and O–H groups in total. The Balaban J connectivity index is 2.01. The third-order valence-electron chi connectivity index (χ3n) is 3.75. The average molecular weight is 271 g/mol. The molecule has 1 aliphatic rings. The SMILES string of the molecule is CCn1cc(CC(CN)C2CCS(=O)(=O)C2)cn1. The lowest BCUT2D eigenvalue weighted by molar-refractivity contribution is 0.370. The van der Waals surface area contributed by atoms with Crippen molar-refractivity contribution >= 4 is 9.84 Å². The maximum atomic E-state index is 11.5. The number of rotatable bonds is 5. The Morgan fingerprint density at radius 3 is 2.89 bits per heavy atom. The predicted octanol–water partition coefficient (Wildman–Crippen LogP) is 0.455. The molecule has 0 bridgehead atoms. The monoisotopic (exact) mass is 271 g/mol. The lowest BCUT2D eigenvalue weighted by Gasteiger charge is -2.19. The van der Waals surface area contributed by atoms with E-state index in [2.05, 4.69) is 5.10 Å². The smallest absolute Gasteiger partial charge is 0.150 e. The van der Waals surface area contributed by atoms with Crippen LogP contribution < -0.4 is 5.73 Å². The van der Waals surface area contributed by atoms with Crippen LogP contribution in [0.15, 0.2) is 12.4 Å². The first kappa shape index (κ1) is 13.5. The fourth-order valence-electron chi connectivity index (χ4n) is 2.63. The second-order valence-corrected chi connectivity index (χ2v) is 7.30. The number of aryl methyl sites for hydroxylation is 1. The van der Waals surface area contributed by atoms with Crippen molar-refractivity contribution in [2.45, 2.75) is 26.3 Å². The van der Waals surface area contributed by atoms with Crippen molar-refractivity contribution in [2.24, 2.45) is 17.6 Å². The van der Waals surface area contributed by atoms with Gasteiger partial charge >= 0.3 is 0 Å². The minimum absolute atomic E-state index is 0.213. The van der Waals surface area contributed by atoms with Crippen molar-refractivity contribution in [1.29, 1.82) is 0 Å². The highest BCUT2D eigenvalue weighted by atomic mass is 32.2. The first-order valence-corrected chi connectivity index (χ1v) is 8.28. The zero-order chi connectivity index (χ0) is 13.2. The van der Waals surface area contributed by atoms with E-state index in [9.17, 15) is 8.42 Å². The topological polar surface area (TPSA) is 78.0 Å². The van der Waals surface area contributed by atoms with E-state index in [1.54, 1.807) is 0 Å². The molecule has 2 heterocycles. The van der Waals surface area contributed by atoms with E-state index in [0.29, 0.717) is 18.1 Å². The van der Waals surface area contributed by atoms with Gasteiger partial charge in [0.1, 0.15) is 0 Å². The fraction of sp³-hybridized carbons (Fsp3) is 0.750. The van der Waals surface area contributed by atoms with Gasteiger partial charge < -0.3 is 5.73 Å². The van der Waals surface area contributed by atoms with Crippen LogP contribution in [0.3, 0.4) is 0 Å². The molecular formula is C12H21N3O2S. The molecule has 1 fully saturated rings. The van der Waals surface area contributed by atoms with Gasteiger partial charge in [-0.2, -0.15) is 5.10 Å². The van der Waals surface area contributed by atoms with Crippen molar-refractivity contribution in [3.05, 3.63) is 18.0 Å². The Hall–Kier alpha value is -0.880. The molecule has 102 valence electrons. The van der Waals surface area contributed by atoms with Gasteiger partial charge in [-0.25, -0.2) is 8.42 Å². The van der Waals surface area contributed by atoms with Crippen molar-refractivity contribution in [1.82, 2.24) is 9.78 Å². The number of aromatic nitrogens is 2. The van der Waals surface area contributed by atoms with Gasteiger partial charge in [0.2, 0.25) is 0 Å². The third kappa shape index (κ3) is 3.11. The molecule has 0 saturated carbocycles. The van der Waals surface area contributed by atoms with Gasteiger partial charge in [-0.1, -0.05) is 0 Å². The predicted molar refractivity (Wildman–Crippen MR) is 70.9 cm³/mol. The molecule has 0 aromatic carbocycles. The maximum Gasteiger partial charge on any atom is 0.150 e. The Labute approximate surface area is 108 Å². The lowest BCUT2D eigenvalue weighted by atomic mass is 9.87. The highest BCUT2D eigenvalue weighted by Gasteiger charge is 2.33. The van der Waals surface area contributed by atoms with Crippen LogP contribution in [-0.2, 0) is 22.8 Å². The number of nitrogens with two attached hydrogens (primary N) is 1. The number of hydrogen-bond donors (Lipinski definition) is 1. The molecule has 6 heteroatoms.